The fourth-order valence-corrected chi connectivity index (χ4v) is 1.52. The maximum Gasteiger partial charge on any atom is 0.312 e. The van der Waals surface area contributed by atoms with Crippen LogP contribution < -0.4 is 10.1 Å². The van der Waals surface area contributed by atoms with Crippen LogP contribution in [0.4, 0.5) is 0 Å². The van der Waals surface area contributed by atoms with E-state index >= 15 is 0 Å². The Morgan fingerprint density at radius 1 is 1.29 bits per heavy atom. The third kappa shape index (κ3) is 5.71. The molecule has 0 aliphatic heterocycles. The number of hydrogen-bond donors (Lipinski definition) is 2. The quantitative estimate of drug-likeness (QED) is 0.844. The van der Waals surface area contributed by atoms with Gasteiger partial charge in [0.2, 0.25) is 0 Å². The van der Waals surface area contributed by atoms with E-state index < -0.39 is 11.4 Å². The number of ether oxygens (including phenoxy) is 1. The number of aromatic nitrogens is 1. The molecule has 5 nitrogen and oxygen atoms in total. The number of aliphatic carboxylic acids is 1. The van der Waals surface area contributed by atoms with E-state index in [1.165, 1.54) is 0 Å². The number of nitrogens with zero attached hydrogens (tertiary/aromatic N) is 1. The van der Waals surface area contributed by atoms with Crippen molar-refractivity contribution in [2.45, 2.75) is 53.6 Å². The first kappa shape index (κ1) is 17.4. The predicted molar refractivity (Wildman–Crippen MR) is 82.5 cm³/mol. The largest absolute Gasteiger partial charge is 0.490 e. The molecular weight excluding hydrogens is 268 g/mol. The summed E-state index contributed by atoms with van der Waals surface area (Å²) in [5, 5.41) is 12.5. The molecule has 0 unspecified atom stereocenters. The number of rotatable bonds is 6. The zero-order valence-corrected chi connectivity index (χ0v) is 13.8. The number of nitrogens with one attached hydrogen (secondary N) is 1. The van der Waals surface area contributed by atoms with Crippen molar-refractivity contribution < 1.29 is 14.6 Å². The predicted octanol–water partition coefficient (Wildman–Crippen LogP) is 2.77. The molecule has 0 saturated carbocycles. The highest BCUT2D eigenvalue weighted by Gasteiger charge is 2.28. The van der Waals surface area contributed by atoms with Gasteiger partial charge in [-0.1, -0.05) is 0 Å². The highest BCUT2D eigenvalue weighted by molar-refractivity contribution is 5.73. The molecule has 21 heavy (non-hydrogen) atoms. The van der Waals surface area contributed by atoms with Crippen LogP contribution in [0.1, 0.15) is 46.0 Å². The van der Waals surface area contributed by atoms with E-state index in [1.54, 1.807) is 13.8 Å². The Labute approximate surface area is 126 Å². The van der Waals surface area contributed by atoms with Gasteiger partial charge in [-0.15, -0.1) is 0 Å². The van der Waals surface area contributed by atoms with E-state index in [2.05, 4.69) is 31.1 Å². The van der Waals surface area contributed by atoms with Gasteiger partial charge in [-0.25, -0.2) is 0 Å². The molecule has 2 N–H and O–H groups in total. The standard InChI is InChI=1S/C16H26N2O3/c1-11-7-8-13(21-10-16(5,6)14(19)20)12(18-11)9-17-15(2,3)4/h7-8,17H,9-10H2,1-6H3,(H,19,20). The summed E-state index contributed by atoms with van der Waals surface area (Å²) < 4.78 is 5.70. The summed E-state index contributed by atoms with van der Waals surface area (Å²) in [7, 11) is 0. The summed E-state index contributed by atoms with van der Waals surface area (Å²) >= 11 is 0. The second kappa shape index (κ2) is 6.43. The molecule has 0 bridgehead atoms. The molecule has 0 aliphatic carbocycles. The van der Waals surface area contributed by atoms with Crippen LogP contribution >= 0.6 is 0 Å². The normalized spacial score (nSPS) is 12.3. The molecule has 0 amide bonds. The van der Waals surface area contributed by atoms with Crippen LogP contribution in [0.5, 0.6) is 5.75 Å². The minimum Gasteiger partial charge on any atom is -0.490 e. The molecule has 0 aromatic carbocycles. The van der Waals surface area contributed by atoms with Gasteiger partial charge >= 0.3 is 5.97 Å². The van der Waals surface area contributed by atoms with E-state index in [0.29, 0.717) is 12.3 Å². The monoisotopic (exact) mass is 294 g/mol. The molecule has 0 atom stereocenters. The van der Waals surface area contributed by atoms with Crippen LogP contribution in [-0.4, -0.2) is 28.2 Å². The van der Waals surface area contributed by atoms with Crippen molar-refractivity contribution in [3.8, 4) is 5.75 Å². The number of pyridine rings is 1. The molecule has 0 aliphatic rings. The maximum atomic E-state index is 11.1. The van der Waals surface area contributed by atoms with Gasteiger partial charge in [0.15, 0.2) is 0 Å². The molecule has 1 aromatic heterocycles. The fourth-order valence-electron chi connectivity index (χ4n) is 1.52. The first-order chi connectivity index (χ1) is 9.51. The molecular formula is C16H26N2O3. The molecule has 1 rings (SSSR count). The zero-order valence-electron chi connectivity index (χ0n) is 13.8. The maximum absolute atomic E-state index is 11.1. The molecule has 0 fully saturated rings. The van der Waals surface area contributed by atoms with Gasteiger partial charge in [0.05, 0.1) is 11.1 Å². The van der Waals surface area contributed by atoms with Crippen LogP contribution in [-0.2, 0) is 11.3 Å². The summed E-state index contributed by atoms with van der Waals surface area (Å²) in [5.41, 5.74) is 0.750. The van der Waals surface area contributed by atoms with Crippen LogP contribution in [0, 0.1) is 12.3 Å². The summed E-state index contributed by atoms with van der Waals surface area (Å²) in [4.78, 5) is 15.6. The number of aryl methyl sites for hydroxylation is 1. The highest BCUT2D eigenvalue weighted by atomic mass is 16.5. The minimum atomic E-state index is -0.931. The number of carbonyl (C=O) groups is 1. The van der Waals surface area contributed by atoms with Crippen LogP contribution in [0.25, 0.3) is 0 Å². The molecule has 0 saturated heterocycles. The van der Waals surface area contributed by atoms with Crippen molar-refractivity contribution in [3.63, 3.8) is 0 Å². The Morgan fingerprint density at radius 3 is 2.43 bits per heavy atom. The first-order valence-electron chi connectivity index (χ1n) is 7.09. The lowest BCUT2D eigenvalue weighted by Crippen LogP contribution is -2.35. The van der Waals surface area contributed by atoms with Crippen molar-refractivity contribution in [1.29, 1.82) is 0 Å². The van der Waals surface area contributed by atoms with Crippen LogP contribution in [0.2, 0.25) is 0 Å². The second-order valence-corrected chi connectivity index (χ2v) is 6.98. The van der Waals surface area contributed by atoms with Gasteiger partial charge in [-0.05, 0) is 53.7 Å². The van der Waals surface area contributed by atoms with Gasteiger partial charge in [0.25, 0.3) is 0 Å². The van der Waals surface area contributed by atoms with E-state index in [4.69, 9.17) is 9.84 Å². The third-order valence-corrected chi connectivity index (χ3v) is 3.03. The lowest BCUT2D eigenvalue weighted by atomic mass is 9.95. The average molecular weight is 294 g/mol. The van der Waals surface area contributed by atoms with Crippen molar-refractivity contribution >= 4 is 5.97 Å². The van der Waals surface area contributed by atoms with Gasteiger partial charge in [-0.2, -0.15) is 0 Å². The summed E-state index contributed by atoms with van der Waals surface area (Å²) in [6.45, 7) is 12.1. The topological polar surface area (TPSA) is 71.5 Å². The summed E-state index contributed by atoms with van der Waals surface area (Å²) in [6, 6.07) is 3.71. The first-order valence-corrected chi connectivity index (χ1v) is 7.09. The van der Waals surface area contributed by atoms with E-state index in [9.17, 15) is 4.79 Å². The van der Waals surface area contributed by atoms with E-state index in [-0.39, 0.29) is 12.1 Å². The Hall–Kier alpha value is -1.62. The molecule has 0 spiro atoms. The minimum absolute atomic E-state index is 0.0248. The van der Waals surface area contributed by atoms with Crippen molar-refractivity contribution in [1.82, 2.24) is 10.3 Å². The molecule has 5 heteroatoms. The van der Waals surface area contributed by atoms with Crippen molar-refractivity contribution in [3.05, 3.63) is 23.5 Å². The molecule has 1 aromatic rings. The molecule has 1 heterocycles. The Kier molecular flexibility index (Phi) is 5.34. The fraction of sp³-hybridized carbons (Fsp3) is 0.625. The lowest BCUT2D eigenvalue weighted by molar-refractivity contribution is -0.148. The second-order valence-electron chi connectivity index (χ2n) is 6.98. The highest BCUT2D eigenvalue weighted by Crippen LogP contribution is 2.22. The zero-order chi connectivity index (χ0) is 16.3. The van der Waals surface area contributed by atoms with Crippen molar-refractivity contribution in [2.75, 3.05) is 6.61 Å². The Morgan fingerprint density at radius 2 is 1.90 bits per heavy atom. The summed E-state index contributed by atoms with van der Waals surface area (Å²) in [6.07, 6.45) is 0. The van der Waals surface area contributed by atoms with Gasteiger partial charge in [-0.3, -0.25) is 9.78 Å². The summed E-state index contributed by atoms with van der Waals surface area (Å²) in [5.74, 6) is -0.247. The van der Waals surface area contributed by atoms with Crippen molar-refractivity contribution in [2.24, 2.45) is 5.41 Å². The van der Waals surface area contributed by atoms with E-state index in [0.717, 1.165) is 11.4 Å². The average Bonchev–Trinajstić information content (AvgIpc) is 2.34. The number of carboxylic acid groups (broad SMARTS) is 1. The SMILES string of the molecule is Cc1ccc(OCC(C)(C)C(=O)O)c(CNC(C)(C)C)n1. The van der Waals surface area contributed by atoms with Gasteiger partial charge in [0.1, 0.15) is 12.4 Å². The van der Waals surface area contributed by atoms with Crippen LogP contribution in [0.15, 0.2) is 12.1 Å². The van der Waals surface area contributed by atoms with Gasteiger partial charge < -0.3 is 15.2 Å². The Bertz CT molecular complexity index is 505. The lowest BCUT2D eigenvalue weighted by Gasteiger charge is -2.23. The number of hydrogen-bond acceptors (Lipinski definition) is 4. The third-order valence-electron chi connectivity index (χ3n) is 3.03. The Balaban J connectivity index is 2.84. The van der Waals surface area contributed by atoms with Gasteiger partial charge in [0, 0.05) is 17.8 Å². The number of carboxylic acids is 1. The van der Waals surface area contributed by atoms with E-state index in [1.807, 2.05) is 19.1 Å². The molecule has 0 radical (unpaired) electrons. The molecule has 118 valence electrons. The van der Waals surface area contributed by atoms with Crippen LogP contribution in [0.3, 0.4) is 0 Å². The smallest absolute Gasteiger partial charge is 0.312 e.